The number of morpholine rings is 1. The van der Waals surface area contributed by atoms with Crippen molar-refractivity contribution in [3.63, 3.8) is 0 Å². The monoisotopic (exact) mass is 461 g/mol. The average Bonchev–Trinajstić information content (AvgIpc) is 3.10. The zero-order valence-electron chi connectivity index (χ0n) is 15.8. The molecule has 2 fully saturated rings. The molecule has 0 aromatic heterocycles. The van der Waals surface area contributed by atoms with Crippen molar-refractivity contribution in [1.29, 1.82) is 0 Å². The van der Waals surface area contributed by atoms with Gasteiger partial charge in [-0.2, -0.15) is 0 Å². The molecule has 0 aliphatic carbocycles. The number of rotatable bonds is 5. The van der Waals surface area contributed by atoms with Crippen molar-refractivity contribution in [3.8, 4) is 0 Å². The SMILES string of the molecule is O=C1O[C@H](C=NCc2ccc(Br)cc2)CN1c1ccc(N2CCOCC2)c(F)c1. The minimum Gasteiger partial charge on any atom is -0.438 e. The molecule has 0 spiro atoms. The van der Waals surface area contributed by atoms with Crippen molar-refractivity contribution < 1.29 is 18.7 Å². The Morgan fingerprint density at radius 1 is 1.17 bits per heavy atom. The standard InChI is InChI=1S/C21H21BrFN3O3/c22-16-3-1-15(2-4-16)12-24-13-18-14-26(21(27)29-18)17-5-6-20(19(23)11-17)25-7-9-28-10-8-25/h1-6,11,13,18H,7-10,12,14H2/t18-/m1/s1. The summed E-state index contributed by atoms with van der Waals surface area (Å²) in [4.78, 5) is 20.0. The van der Waals surface area contributed by atoms with E-state index in [0.29, 0.717) is 50.8 Å². The van der Waals surface area contributed by atoms with Gasteiger partial charge < -0.3 is 14.4 Å². The van der Waals surface area contributed by atoms with Crippen molar-refractivity contribution in [2.75, 3.05) is 42.6 Å². The van der Waals surface area contributed by atoms with Gasteiger partial charge in [0.05, 0.1) is 37.7 Å². The highest BCUT2D eigenvalue weighted by atomic mass is 79.9. The molecule has 8 heteroatoms. The Kier molecular flexibility index (Phi) is 6.10. The number of aliphatic imine (C=N–C) groups is 1. The molecule has 4 rings (SSSR count). The van der Waals surface area contributed by atoms with Crippen LogP contribution in [0.15, 0.2) is 51.9 Å². The number of cyclic esters (lactones) is 1. The van der Waals surface area contributed by atoms with Crippen molar-refractivity contribution in [2.24, 2.45) is 4.99 Å². The summed E-state index contributed by atoms with van der Waals surface area (Å²) in [6, 6.07) is 12.7. The molecular weight excluding hydrogens is 441 g/mol. The van der Waals surface area contributed by atoms with Gasteiger partial charge in [0.1, 0.15) is 5.82 Å². The van der Waals surface area contributed by atoms with E-state index in [1.807, 2.05) is 29.2 Å². The first-order chi connectivity index (χ1) is 14.1. The van der Waals surface area contributed by atoms with Gasteiger partial charge >= 0.3 is 6.09 Å². The molecule has 2 aliphatic rings. The van der Waals surface area contributed by atoms with E-state index in [-0.39, 0.29) is 5.82 Å². The van der Waals surface area contributed by atoms with Gasteiger partial charge in [0.15, 0.2) is 6.10 Å². The first-order valence-corrected chi connectivity index (χ1v) is 10.2. The molecule has 1 amide bonds. The molecule has 29 heavy (non-hydrogen) atoms. The maximum Gasteiger partial charge on any atom is 0.415 e. The largest absolute Gasteiger partial charge is 0.438 e. The number of hydrogen-bond acceptors (Lipinski definition) is 5. The second kappa shape index (κ2) is 8.92. The maximum atomic E-state index is 14.6. The van der Waals surface area contributed by atoms with Gasteiger partial charge in [-0.15, -0.1) is 0 Å². The van der Waals surface area contributed by atoms with Crippen LogP contribution in [0.4, 0.5) is 20.6 Å². The lowest BCUT2D eigenvalue weighted by Crippen LogP contribution is -2.36. The minimum atomic E-state index is -0.497. The fraction of sp³-hybridized carbons (Fsp3) is 0.333. The minimum absolute atomic E-state index is 0.305. The number of carbonyl (C=O) groups excluding carboxylic acids is 1. The van der Waals surface area contributed by atoms with Gasteiger partial charge in [0, 0.05) is 23.8 Å². The Hall–Kier alpha value is -2.45. The van der Waals surface area contributed by atoms with Crippen molar-refractivity contribution in [3.05, 3.63) is 58.3 Å². The summed E-state index contributed by atoms with van der Waals surface area (Å²) in [6.07, 6.45) is 0.682. The summed E-state index contributed by atoms with van der Waals surface area (Å²) in [5.41, 5.74) is 2.07. The van der Waals surface area contributed by atoms with E-state index < -0.39 is 12.2 Å². The highest BCUT2D eigenvalue weighted by Gasteiger charge is 2.32. The second-order valence-electron chi connectivity index (χ2n) is 6.88. The number of nitrogens with zero attached hydrogens (tertiary/aromatic N) is 3. The van der Waals surface area contributed by atoms with Crippen LogP contribution in [0.3, 0.4) is 0 Å². The molecule has 0 radical (unpaired) electrons. The molecule has 1 atom stereocenters. The molecule has 0 bridgehead atoms. The number of anilines is 2. The first-order valence-electron chi connectivity index (χ1n) is 9.45. The Bertz CT molecular complexity index is 901. The van der Waals surface area contributed by atoms with Crippen LogP contribution in [-0.2, 0) is 16.0 Å². The van der Waals surface area contributed by atoms with Crippen LogP contribution in [-0.4, -0.2) is 51.3 Å². The van der Waals surface area contributed by atoms with Crippen LogP contribution in [0, 0.1) is 5.82 Å². The highest BCUT2D eigenvalue weighted by Crippen LogP contribution is 2.28. The van der Waals surface area contributed by atoms with E-state index in [1.165, 1.54) is 11.0 Å². The Balaban J connectivity index is 1.39. The van der Waals surface area contributed by atoms with E-state index in [9.17, 15) is 9.18 Å². The zero-order valence-corrected chi connectivity index (χ0v) is 17.3. The average molecular weight is 462 g/mol. The van der Waals surface area contributed by atoms with Crippen LogP contribution in [0.1, 0.15) is 5.56 Å². The molecule has 0 saturated carbocycles. The molecule has 2 heterocycles. The maximum absolute atomic E-state index is 14.6. The Morgan fingerprint density at radius 2 is 1.93 bits per heavy atom. The van der Waals surface area contributed by atoms with Crippen LogP contribution < -0.4 is 9.80 Å². The molecule has 2 saturated heterocycles. The Morgan fingerprint density at radius 3 is 2.66 bits per heavy atom. The van der Waals surface area contributed by atoms with Crippen molar-refractivity contribution in [2.45, 2.75) is 12.6 Å². The molecule has 2 aromatic carbocycles. The topological polar surface area (TPSA) is 54.4 Å². The summed E-state index contributed by atoms with van der Waals surface area (Å²) in [5.74, 6) is -0.357. The van der Waals surface area contributed by atoms with Gasteiger partial charge in [0.25, 0.3) is 0 Å². The van der Waals surface area contributed by atoms with E-state index >= 15 is 0 Å². The molecule has 2 aliphatic heterocycles. The second-order valence-corrected chi connectivity index (χ2v) is 7.80. The Labute approximate surface area is 177 Å². The van der Waals surface area contributed by atoms with Gasteiger partial charge in [-0.3, -0.25) is 9.89 Å². The number of carbonyl (C=O) groups is 1. The number of hydrogen-bond donors (Lipinski definition) is 0. The van der Waals surface area contributed by atoms with Crippen molar-refractivity contribution >= 4 is 39.6 Å². The molecule has 2 aromatic rings. The predicted molar refractivity (Wildman–Crippen MR) is 113 cm³/mol. The van der Waals surface area contributed by atoms with Crippen molar-refractivity contribution in [1.82, 2.24) is 0 Å². The van der Waals surface area contributed by atoms with Gasteiger partial charge in [-0.25, -0.2) is 9.18 Å². The number of amides is 1. The number of benzene rings is 2. The number of halogens is 2. The van der Waals surface area contributed by atoms with E-state index in [4.69, 9.17) is 9.47 Å². The summed E-state index contributed by atoms with van der Waals surface area (Å²) in [5, 5.41) is 0. The van der Waals surface area contributed by atoms with E-state index in [1.54, 1.807) is 18.3 Å². The third-order valence-corrected chi connectivity index (χ3v) is 5.42. The molecule has 0 unspecified atom stereocenters. The molecular formula is C21H21BrFN3O3. The summed E-state index contributed by atoms with van der Waals surface area (Å²) >= 11 is 3.40. The van der Waals surface area contributed by atoms with Crippen LogP contribution in [0.2, 0.25) is 0 Å². The van der Waals surface area contributed by atoms with Gasteiger partial charge in [0.2, 0.25) is 0 Å². The predicted octanol–water partition coefficient (Wildman–Crippen LogP) is 4.02. The third-order valence-electron chi connectivity index (χ3n) is 4.89. The first kappa shape index (κ1) is 19.8. The van der Waals surface area contributed by atoms with Crippen LogP contribution in [0.5, 0.6) is 0 Å². The summed E-state index contributed by atoms with van der Waals surface area (Å²) in [6.45, 7) is 3.28. The van der Waals surface area contributed by atoms with Gasteiger partial charge in [-0.05, 0) is 35.9 Å². The quantitative estimate of drug-likeness (QED) is 0.630. The van der Waals surface area contributed by atoms with Gasteiger partial charge in [-0.1, -0.05) is 28.1 Å². The summed E-state index contributed by atoms with van der Waals surface area (Å²) < 4.78 is 26.3. The summed E-state index contributed by atoms with van der Waals surface area (Å²) in [7, 11) is 0. The zero-order chi connectivity index (χ0) is 20.2. The lowest BCUT2D eigenvalue weighted by molar-refractivity contribution is 0.122. The third kappa shape index (κ3) is 4.76. The lowest BCUT2D eigenvalue weighted by Gasteiger charge is -2.29. The highest BCUT2D eigenvalue weighted by molar-refractivity contribution is 9.10. The van der Waals surface area contributed by atoms with E-state index in [2.05, 4.69) is 20.9 Å². The number of ether oxygens (including phenoxy) is 2. The smallest absolute Gasteiger partial charge is 0.415 e. The fourth-order valence-corrected chi connectivity index (χ4v) is 3.63. The van der Waals surface area contributed by atoms with E-state index in [0.717, 1.165) is 10.0 Å². The fourth-order valence-electron chi connectivity index (χ4n) is 3.36. The normalized spacial score (nSPS) is 19.8. The molecule has 152 valence electrons. The lowest BCUT2D eigenvalue weighted by atomic mass is 10.2. The van der Waals surface area contributed by atoms with Crippen LogP contribution in [0.25, 0.3) is 0 Å². The van der Waals surface area contributed by atoms with Crippen LogP contribution >= 0.6 is 15.9 Å². The molecule has 6 nitrogen and oxygen atoms in total. The molecule has 0 N–H and O–H groups in total.